The lowest BCUT2D eigenvalue weighted by Crippen LogP contribution is -2.34. The van der Waals surface area contributed by atoms with Crippen LogP contribution in [0.2, 0.25) is 0 Å². The van der Waals surface area contributed by atoms with Gasteiger partial charge in [-0.3, -0.25) is 0 Å². The lowest BCUT2D eigenvalue weighted by molar-refractivity contribution is 0.484. The summed E-state index contributed by atoms with van der Waals surface area (Å²) in [5, 5.41) is 0. The van der Waals surface area contributed by atoms with E-state index in [2.05, 4.69) is 0 Å². The lowest BCUT2D eigenvalue weighted by atomic mass is 10.0. The van der Waals surface area contributed by atoms with Crippen molar-refractivity contribution < 1.29 is 0 Å². The monoisotopic (exact) mass is 118 g/mol. The zero-order valence-corrected chi connectivity index (χ0v) is 5.07. The quantitative estimate of drug-likeness (QED) is 0.561. The molecular weight excluding hydrogens is 100 g/mol. The molecule has 0 radical (unpaired) electrons. The molecule has 0 aromatic carbocycles. The molecule has 0 heterocycles. The number of nitrogens with two attached hydrogens (primary N) is 2. The predicted octanol–water partition coefficient (Wildman–Crippen LogP) is 0.709. The van der Waals surface area contributed by atoms with Gasteiger partial charge in [0.1, 0.15) is 0 Å². The smallest absolute Gasteiger partial charge is 0.0109 e. The first-order chi connectivity index (χ1) is 3.06. The zero-order chi connectivity index (χ0) is 5.91. The van der Waals surface area contributed by atoms with Gasteiger partial charge in [-0.1, -0.05) is 7.43 Å². The predicted molar refractivity (Wildman–Crippen MR) is 38.7 cm³/mol. The van der Waals surface area contributed by atoms with Gasteiger partial charge in [0.25, 0.3) is 0 Å². The summed E-state index contributed by atoms with van der Waals surface area (Å²) in [6.45, 7) is 4.63. The van der Waals surface area contributed by atoms with Crippen LogP contribution in [0.4, 0.5) is 0 Å². The van der Waals surface area contributed by atoms with E-state index in [0.717, 1.165) is 6.42 Å². The SMILES string of the molecule is C.CC(C)(N)CCN. The van der Waals surface area contributed by atoms with Crippen LogP contribution in [0, 0.1) is 0 Å². The van der Waals surface area contributed by atoms with Gasteiger partial charge in [-0.25, -0.2) is 0 Å². The normalized spacial score (nSPS) is 10.5. The summed E-state index contributed by atoms with van der Waals surface area (Å²) in [6, 6.07) is 0. The first-order valence-electron chi connectivity index (χ1n) is 2.55. The summed E-state index contributed by atoms with van der Waals surface area (Å²) in [5.41, 5.74) is 10.7. The van der Waals surface area contributed by atoms with E-state index in [1.165, 1.54) is 0 Å². The van der Waals surface area contributed by atoms with E-state index < -0.39 is 0 Å². The number of hydrogen-bond acceptors (Lipinski definition) is 2. The Hall–Kier alpha value is -0.0800. The third kappa shape index (κ3) is 9.33. The topological polar surface area (TPSA) is 52.0 Å². The molecule has 2 heteroatoms. The second-order valence-corrected chi connectivity index (χ2v) is 2.53. The molecule has 0 unspecified atom stereocenters. The van der Waals surface area contributed by atoms with Crippen molar-refractivity contribution in [2.75, 3.05) is 6.54 Å². The average Bonchev–Trinajstić information content (AvgIpc) is 1.30. The first-order valence-corrected chi connectivity index (χ1v) is 2.55. The molecule has 0 aromatic heterocycles. The Balaban J connectivity index is 0. The molecule has 0 fully saturated rings. The molecule has 0 aromatic rings. The Kier molecular flexibility index (Phi) is 5.23. The van der Waals surface area contributed by atoms with Crippen molar-refractivity contribution >= 4 is 0 Å². The molecule has 0 bridgehead atoms. The van der Waals surface area contributed by atoms with Crippen molar-refractivity contribution in [3.63, 3.8) is 0 Å². The maximum absolute atomic E-state index is 5.57. The summed E-state index contributed by atoms with van der Waals surface area (Å²) >= 11 is 0. The molecule has 8 heavy (non-hydrogen) atoms. The van der Waals surface area contributed by atoms with Gasteiger partial charge in [0.05, 0.1) is 0 Å². The molecule has 52 valence electrons. The fourth-order valence-electron chi connectivity index (χ4n) is 0.372. The summed E-state index contributed by atoms with van der Waals surface area (Å²) < 4.78 is 0. The largest absolute Gasteiger partial charge is 0.330 e. The molecule has 0 saturated heterocycles. The zero-order valence-electron chi connectivity index (χ0n) is 5.07. The van der Waals surface area contributed by atoms with Gasteiger partial charge >= 0.3 is 0 Å². The first kappa shape index (κ1) is 10.8. The Morgan fingerprint density at radius 2 is 1.75 bits per heavy atom. The standard InChI is InChI=1S/C5H14N2.CH4/c1-5(2,7)3-4-6;/h3-4,6-7H2,1-2H3;1H4. The van der Waals surface area contributed by atoms with Crippen LogP contribution < -0.4 is 11.5 Å². The van der Waals surface area contributed by atoms with Gasteiger partial charge in [0.2, 0.25) is 0 Å². The lowest BCUT2D eigenvalue weighted by Gasteiger charge is -2.15. The average molecular weight is 118 g/mol. The van der Waals surface area contributed by atoms with Gasteiger partial charge < -0.3 is 11.5 Å². The third-order valence-electron chi connectivity index (χ3n) is 0.789. The van der Waals surface area contributed by atoms with Gasteiger partial charge in [-0.05, 0) is 26.8 Å². The van der Waals surface area contributed by atoms with E-state index in [9.17, 15) is 0 Å². The van der Waals surface area contributed by atoms with Crippen molar-refractivity contribution in [3.05, 3.63) is 0 Å². The van der Waals surface area contributed by atoms with Crippen LogP contribution in [0.25, 0.3) is 0 Å². The fourth-order valence-corrected chi connectivity index (χ4v) is 0.372. The van der Waals surface area contributed by atoms with Gasteiger partial charge in [0, 0.05) is 5.54 Å². The highest BCUT2D eigenvalue weighted by Crippen LogP contribution is 1.99. The maximum Gasteiger partial charge on any atom is 0.0109 e. The summed E-state index contributed by atoms with van der Waals surface area (Å²) in [7, 11) is 0. The van der Waals surface area contributed by atoms with Crippen molar-refractivity contribution in [3.8, 4) is 0 Å². The van der Waals surface area contributed by atoms with E-state index >= 15 is 0 Å². The molecule has 0 aliphatic heterocycles. The van der Waals surface area contributed by atoms with Crippen LogP contribution in [0.3, 0.4) is 0 Å². The number of rotatable bonds is 2. The summed E-state index contributed by atoms with van der Waals surface area (Å²) in [6.07, 6.45) is 0.896. The van der Waals surface area contributed by atoms with Crippen LogP contribution in [-0.2, 0) is 0 Å². The molecule has 0 aliphatic carbocycles. The molecule has 0 rings (SSSR count). The van der Waals surface area contributed by atoms with Crippen molar-refractivity contribution in [1.29, 1.82) is 0 Å². The van der Waals surface area contributed by atoms with Crippen LogP contribution in [0.1, 0.15) is 27.7 Å². The Labute approximate surface area is 52.2 Å². The van der Waals surface area contributed by atoms with Crippen LogP contribution in [0.5, 0.6) is 0 Å². The van der Waals surface area contributed by atoms with Gasteiger partial charge in [-0.15, -0.1) is 0 Å². The molecule has 0 spiro atoms. The fraction of sp³-hybridized carbons (Fsp3) is 1.00. The molecule has 0 atom stereocenters. The Bertz CT molecular complexity index is 45.0. The van der Waals surface area contributed by atoms with E-state index in [4.69, 9.17) is 11.5 Å². The second kappa shape index (κ2) is 3.87. The van der Waals surface area contributed by atoms with E-state index in [-0.39, 0.29) is 13.0 Å². The minimum atomic E-state index is -0.0747. The third-order valence-corrected chi connectivity index (χ3v) is 0.789. The molecule has 4 N–H and O–H groups in total. The van der Waals surface area contributed by atoms with E-state index in [0.29, 0.717) is 6.54 Å². The molecule has 0 saturated carbocycles. The van der Waals surface area contributed by atoms with Crippen molar-refractivity contribution in [2.45, 2.75) is 33.2 Å². The highest BCUT2D eigenvalue weighted by Gasteiger charge is 2.06. The van der Waals surface area contributed by atoms with Crippen LogP contribution >= 0.6 is 0 Å². The van der Waals surface area contributed by atoms with Crippen LogP contribution in [-0.4, -0.2) is 12.1 Å². The molecule has 0 aliphatic rings. The van der Waals surface area contributed by atoms with Gasteiger partial charge in [-0.2, -0.15) is 0 Å². The maximum atomic E-state index is 5.57. The van der Waals surface area contributed by atoms with Crippen molar-refractivity contribution in [2.24, 2.45) is 11.5 Å². The molecular formula is C6H18N2. The van der Waals surface area contributed by atoms with Gasteiger partial charge in [0.15, 0.2) is 0 Å². The van der Waals surface area contributed by atoms with E-state index in [1.54, 1.807) is 0 Å². The van der Waals surface area contributed by atoms with Crippen molar-refractivity contribution in [1.82, 2.24) is 0 Å². The minimum Gasteiger partial charge on any atom is -0.330 e. The molecule has 0 amide bonds. The summed E-state index contributed by atoms with van der Waals surface area (Å²) in [4.78, 5) is 0. The second-order valence-electron chi connectivity index (χ2n) is 2.53. The summed E-state index contributed by atoms with van der Waals surface area (Å²) in [5.74, 6) is 0. The number of hydrogen-bond donors (Lipinski definition) is 2. The molecule has 2 nitrogen and oxygen atoms in total. The highest BCUT2D eigenvalue weighted by atomic mass is 14.7. The van der Waals surface area contributed by atoms with Crippen LogP contribution in [0.15, 0.2) is 0 Å². The minimum absolute atomic E-state index is 0. The van der Waals surface area contributed by atoms with E-state index in [1.807, 2.05) is 13.8 Å². The Morgan fingerprint density at radius 1 is 1.38 bits per heavy atom. The Morgan fingerprint density at radius 3 is 1.75 bits per heavy atom. The highest BCUT2D eigenvalue weighted by molar-refractivity contribution is 4.70.